The summed E-state index contributed by atoms with van der Waals surface area (Å²) in [5, 5.41) is 15.5. The third-order valence-corrected chi connectivity index (χ3v) is 5.76. The Morgan fingerprint density at radius 2 is 1.96 bits per heavy atom. The van der Waals surface area contributed by atoms with Crippen molar-refractivity contribution in [2.24, 2.45) is 4.99 Å². The van der Waals surface area contributed by atoms with Gasteiger partial charge in [-0.05, 0) is 23.6 Å². The highest BCUT2D eigenvalue weighted by molar-refractivity contribution is 7.10. The highest BCUT2D eigenvalue weighted by Gasteiger charge is 2.36. The van der Waals surface area contributed by atoms with Gasteiger partial charge < -0.3 is 5.32 Å². The van der Waals surface area contributed by atoms with Crippen molar-refractivity contribution in [2.75, 3.05) is 23.2 Å². The highest BCUT2D eigenvalue weighted by atomic mass is 32.1. The van der Waals surface area contributed by atoms with Crippen LogP contribution in [0.2, 0.25) is 0 Å². The van der Waals surface area contributed by atoms with E-state index in [2.05, 4.69) is 48.6 Å². The maximum atomic E-state index is 4.92. The largest absolute Gasteiger partial charge is 0.331 e. The molecule has 134 valence electrons. The van der Waals surface area contributed by atoms with Crippen LogP contribution in [-0.2, 0) is 0 Å². The van der Waals surface area contributed by atoms with Gasteiger partial charge in [-0.3, -0.25) is 14.5 Å². The minimum absolute atomic E-state index is 0.0242. The van der Waals surface area contributed by atoms with Gasteiger partial charge in [-0.2, -0.15) is 0 Å². The number of aromatic nitrogens is 5. The quantitative estimate of drug-likeness (QED) is 0.571. The Morgan fingerprint density at radius 1 is 1.07 bits per heavy atom. The van der Waals surface area contributed by atoms with Gasteiger partial charge in [-0.25, -0.2) is 14.7 Å². The predicted molar refractivity (Wildman–Crippen MR) is 103 cm³/mol. The second-order valence-corrected chi connectivity index (χ2v) is 7.35. The van der Waals surface area contributed by atoms with E-state index < -0.39 is 0 Å². The van der Waals surface area contributed by atoms with Crippen LogP contribution in [0.15, 0.2) is 59.4 Å². The monoisotopic (exact) mass is 377 g/mol. The molecule has 0 saturated carbocycles. The van der Waals surface area contributed by atoms with Crippen LogP contribution in [0.1, 0.15) is 11.0 Å². The fourth-order valence-electron chi connectivity index (χ4n) is 3.59. The number of hydrogen-bond acceptors (Lipinski definition) is 8. The molecular weight excluding hydrogens is 362 g/mol. The molecule has 10 heteroatoms. The van der Waals surface area contributed by atoms with Crippen molar-refractivity contribution in [2.45, 2.75) is 6.17 Å². The SMILES string of the molecule is c1csc(C2NC3=NCN(n4cnnc4)CN3c3nc4ccccc4n32)c1. The Kier molecular flexibility index (Phi) is 3.03. The molecule has 0 amide bonds. The molecule has 9 nitrogen and oxygen atoms in total. The molecule has 1 atom stereocenters. The average Bonchev–Trinajstić information content (AvgIpc) is 3.47. The van der Waals surface area contributed by atoms with E-state index in [1.807, 2.05) is 27.9 Å². The smallest absolute Gasteiger partial charge is 0.217 e. The number of nitrogens with zero attached hydrogens (tertiary/aromatic N) is 8. The van der Waals surface area contributed by atoms with Crippen LogP contribution in [0.4, 0.5) is 5.95 Å². The summed E-state index contributed by atoms with van der Waals surface area (Å²) in [5.74, 6) is 1.71. The highest BCUT2D eigenvalue weighted by Crippen LogP contribution is 2.34. The van der Waals surface area contributed by atoms with Crippen molar-refractivity contribution in [3.63, 3.8) is 0 Å². The van der Waals surface area contributed by atoms with E-state index in [1.54, 1.807) is 24.0 Å². The molecular formula is C17H15N9S. The van der Waals surface area contributed by atoms with Crippen molar-refractivity contribution in [1.82, 2.24) is 29.7 Å². The lowest BCUT2D eigenvalue weighted by Gasteiger charge is -2.41. The van der Waals surface area contributed by atoms with E-state index in [-0.39, 0.29) is 6.17 Å². The lowest BCUT2D eigenvalue weighted by Crippen LogP contribution is -2.59. The molecule has 5 heterocycles. The molecule has 0 spiro atoms. The average molecular weight is 377 g/mol. The molecule has 27 heavy (non-hydrogen) atoms. The fourth-order valence-corrected chi connectivity index (χ4v) is 4.35. The Labute approximate surface area is 158 Å². The zero-order chi connectivity index (χ0) is 17.8. The lowest BCUT2D eigenvalue weighted by molar-refractivity contribution is 0.499. The van der Waals surface area contributed by atoms with Gasteiger partial charge in [0, 0.05) is 4.88 Å². The first kappa shape index (κ1) is 14.7. The number of para-hydroxylation sites is 2. The number of hydrogen-bond donors (Lipinski definition) is 1. The number of fused-ring (bicyclic) bond motifs is 5. The Balaban J connectivity index is 1.52. The van der Waals surface area contributed by atoms with Crippen LogP contribution in [0.5, 0.6) is 0 Å². The molecule has 0 bridgehead atoms. The molecule has 0 saturated heterocycles. The van der Waals surface area contributed by atoms with Gasteiger partial charge in [-0.1, -0.05) is 18.2 Å². The summed E-state index contributed by atoms with van der Waals surface area (Å²) in [7, 11) is 0. The molecule has 0 radical (unpaired) electrons. The number of rotatable bonds is 2. The summed E-state index contributed by atoms with van der Waals surface area (Å²) in [4.78, 5) is 13.0. The molecule has 2 aliphatic rings. The maximum absolute atomic E-state index is 4.92. The van der Waals surface area contributed by atoms with Crippen LogP contribution in [0, 0.1) is 0 Å². The Morgan fingerprint density at radius 3 is 2.81 bits per heavy atom. The van der Waals surface area contributed by atoms with Crippen molar-refractivity contribution < 1.29 is 0 Å². The minimum atomic E-state index is -0.0242. The van der Waals surface area contributed by atoms with Crippen molar-refractivity contribution in [1.29, 1.82) is 0 Å². The Bertz CT molecular complexity index is 1130. The van der Waals surface area contributed by atoms with Crippen LogP contribution in [0.3, 0.4) is 0 Å². The summed E-state index contributed by atoms with van der Waals surface area (Å²) < 4.78 is 4.09. The topological polar surface area (TPSA) is 79.4 Å². The van der Waals surface area contributed by atoms with E-state index in [1.165, 1.54) is 4.88 Å². The van der Waals surface area contributed by atoms with Crippen LogP contribution >= 0.6 is 11.3 Å². The van der Waals surface area contributed by atoms with E-state index in [0.717, 1.165) is 22.9 Å². The molecule has 3 aromatic heterocycles. The number of imidazole rings is 1. The normalized spacial score (nSPS) is 18.8. The second-order valence-electron chi connectivity index (χ2n) is 6.37. The first-order chi connectivity index (χ1) is 13.4. The zero-order valence-electron chi connectivity index (χ0n) is 14.2. The van der Waals surface area contributed by atoms with Crippen LogP contribution in [0.25, 0.3) is 11.0 Å². The van der Waals surface area contributed by atoms with Gasteiger partial charge in [0.05, 0.1) is 11.0 Å². The molecule has 1 unspecified atom stereocenters. The molecule has 0 fully saturated rings. The van der Waals surface area contributed by atoms with E-state index >= 15 is 0 Å². The van der Waals surface area contributed by atoms with Gasteiger partial charge in [0.2, 0.25) is 11.9 Å². The van der Waals surface area contributed by atoms with E-state index in [4.69, 9.17) is 9.98 Å². The molecule has 0 aliphatic carbocycles. The number of nitrogens with one attached hydrogen (secondary N) is 1. The first-order valence-corrected chi connectivity index (χ1v) is 9.45. The molecule has 2 aliphatic heterocycles. The summed E-state index contributed by atoms with van der Waals surface area (Å²) >= 11 is 1.73. The number of guanidine groups is 1. The maximum Gasteiger partial charge on any atom is 0.217 e. The molecule has 1 N–H and O–H groups in total. The summed E-state index contributed by atoms with van der Waals surface area (Å²) in [6.07, 6.45) is 3.33. The van der Waals surface area contributed by atoms with Crippen LogP contribution in [-0.4, -0.2) is 43.7 Å². The molecule has 6 rings (SSSR count). The third kappa shape index (κ3) is 2.16. The number of aliphatic imine (C=N–C) groups is 1. The minimum Gasteiger partial charge on any atom is -0.331 e. The second kappa shape index (κ2) is 5.55. The van der Waals surface area contributed by atoms with Gasteiger partial charge >= 0.3 is 0 Å². The standard InChI is InChI=1S/C17H15N9S/c1-2-5-13-12(4-1)21-17-25-11-24(23-9-19-20-10-23)8-18-16(25)22-15(26(13)17)14-6-3-7-27-14/h1-7,9-10,15H,8,11H2,(H,18,22). The van der Waals surface area contributed by atoms with Crippen molar-refractivity contribution in [3.05, 3.63) is 59.3 Å². The third-order valence-electron chi connectivity index (χ3n) is 4.83. The molecule has 4 aromatic rings. The predicted octanol–water partition coefficient (Wildman–Crippen LogP) is 1.57. The number of thiophene rings is 1. The zero-order valence-corrected chi connectivity index (χ0v) is 15.0. The fraction of sp³-hybridized carbons (Fsp3) is 0.176. The van der Waals surface area contributed by atoms with Crippen molar-refractivity contribution >= 4 is 34.3 Å². The first-order valence-electron chi connectivity index (χ1n) is 8.57. The van der Waals surface area contributed by atoms with E-state index in [9.17, 15) is 0 Å². The molecule has 1 aromatic carbocycles. The van der Waals surface area contributed by atoms with Gasteiger partial charge in [0.25, 0.3) is 0 Å². The van der Waals surface area contributed by atoms with Gasteiger partial charge in [0.15, 0.2) is 0 Å². The summed E-state index contributed by atoms with van der Waals surface area (Å²) in [6, 6.07) is 12.4. The van der Waals surface area contributed by atoms with Crippen LogP contribution < -0.4 is 15.2 Å². The van der Waals surface area contributed by atoms with E-state index in [0.29, 0.717) is 13.3 Å². The number of benzene rings is 1. The van der Waals surface area contributed by atoms with Gasteiger partial charge in [0.1, 0.15) is 32.2 Å². The lowest BCUT2D eigenvalue weighted by atomic mass is 10.3. The van der Waals surface area contributed by atoms with Crippen molar-refractivity contribution in [3.8, 4) is 0 Å². The summed E-state index contributed by atoms with van der Waals surface area (Å²) in [6.45, 7) is 1.12. The number of anilines is 1. The van der Waals surface area contributed by atoms with Gasteiger partial charge in [-0.15, -0.1) is 21.5 Å². The Hall–Kier alpha value is -3.40. The summed E-state index contributed by atoms with van der Waals surface area (Å²) in [5.41, 5.74) is 2.07.